The molecule has 4 aromatic rings. The minimum absolute atomic E-state index is 0.0498. The van der Waals surface area contributed by atoms with E-state index in [0.29, 0.717) is 12.1 Å². The number of nitrogens with one attached hydrogen (secondary N) is 3. The van der Waals surface area contributed by atoms with Gasteiger partial charge in [-0.05, 0) is 48.1 Å². The van der Waals surface area contributed by atoms with Gasteiger partial charge in [-0.3, -0.25) is 4.79 Å². The lowest BCUT2D eigenvalue weighted by Crippen LogP contribution is -2.29. The monoisotopic (exact) mass is 410 g/mol. The van der Waals surface area contributed by atoms with Gasteiger partial charge in [0, 0.05) is 42.3 Å². The van der Waals surface area contributed by atoms with Crippen LogP contribution in [0.4, 0.5) is 5.82 Å². The second kappa shape index (κ2) is 8.64. The number of amides is 1. The van der Waals surface area contributed by atoms with E-state index in [1.807, 2.05) is 42.5 Å². The van der Waals surface area contributed by atoms with Crippen LogP contribution in [0.25, 0.3) is 10.9 Å². The first kappa shape index (κ1) is 19.4. The van der Waals surface area contributed by atoms with Gasteiger partial charge in [0.05, 0.1) is 5.56 Å². The Labute approximate surface area is 181 Å². The maximum atomic E-state index is 12.8. The van der Waals surface area contributed by atoms with E-state index in [-0.39, 0.29) is 11.8 Å². The summed E-state index contributed by atoms with van der Waals surface area (Å²) in [6.45, 7) is 1.47. The van der Waals surface area contributed by atoms with Crippen LogP contribution in [0.1, 0.15) is 40.2 Å². The Kier molecular flexibility index (Phi) is 5.40. The van der Waals surface area contributed by atoms with Crippen LogP contribution < -0.4 is 10.6 Å². The summed E-state index contributed by atoms with van der Waals surface area (Å²) in [7, 11) is 0. The zero-order valence-corrected chi connectivity index (χ0v) is 17.3. The van der Waals surface area contributed by atoms with Gasteiger partial charge in [0.25, 0.3) is 5.91 Å². The van der Waals surface area contributed by atoms with E-state index < -0.39 is 0 Å². The Hall–Kier alpha value is -3.60. The lowest BCUT2D eigenvalue weighted by Gasteiger charge is -2.18. The van der Waals surface area contributed by atoms with Crippen molar-refractivity contribution in [2.75, 3.05) is 18.4 Å². The number of nitrogens with zero attached hydrogens (tertiary/aromatic N) is 1. The summed E-state index contributed by atoms with van der Waals surface area (Å²) in [5.41, 5.74) is 4.02. The van der Waals surface area contributed by atoms with Gasteiger partial charge >= 0.3 is 0 Å². The molecule has 2 aromatic heterocycles. The Bertz CT molecular complexity index is 1160. The van der Waals surface area contributed by atoms with Crippen molar-refractivity contribution in [3.05, 3.63) is 95.8 Å². The van der Waals surface area contributed by atoms with Crippen molar-refractivity contribution < 1.29 is 4.79 Å². The lowest BCUT2D eigenvalue weighted by atomic mass is 9.91. The van der Waals surface area contributed by atoms with E-state index in [9.17, 15) is 4.79 Å². The van der Waals surface area contributed by atoms with Gasteiger partial charge in [0.2, 0.25) is 0 Å². The molecule has 2 aromatic carbocycles. The van der Waals surface area contributed by atoms with Crippen LogP contribution in [-0.4, -0.2) is 29.0 Å². The predicted molar refractivity (Wildman–Crippen MR) is 124 cm³/mol. The van der Waals surface area contributed by atoms with Crippen LogP contribution in [0.2, 0.25) is 0 Å². The highest BCUT2D eigenvalue weighted by Gasteiger charge is 2.21. The molecule has 1 unspecified atom stereocenters. The molecule has 2 heterocycles. The summed E-state index contributed by atoms with van der Waals surface area (Å²) in [5, 5.41) is 7.63. The molecule has 0 bridgehead atoms. The molecule has 5 heteroatoms. The fraction of sp³-hybridized carbons (Fsp3) is 0.231. The van der Waals surface area contributed by atoms with Gasteiger partial charge in [-0.2, -0.15) is 0 Å². The van der Waals surface area contributed by atoms with Crippen LogP contribution in [0.3, 0.4) is 0 Å². The number of hydrogen-bond acceptors (Lipinski definition) is 3. The third kappa shape index (κ3) is 4.45. The summed E-state index contributed by atoms with van der Waals surface area (Å²) in [6, 6.07) is 22.3. The second-order valence-electron chi connectivity index (χ2n) is 8.22. The van der Waals surface area contributed by atoms with Crippen LogP contribution in [0.5, 0.6) is 0 Å². The van der Waals surface area contributed by atoms with Crippen LogP contribution in [-0.2, 0) is 0 Å². The molecule has 1 aliphatic rings. The molecule has 5 nitrogen and oxygen atoms in total. The third-order valence-corrected chi connectivity index (χ3v) is 5.96. The van der Waals surface area contributed by atoms with E-state index in [2.05, 4.69) is 51.1 Å². The first-order valence-electron chi connectivity index (χ1n) is 10.9. The Balaban J connectivity index is 1.32. The van der Waals surface area contributed by atoms with E-state index in [4.69, 9.17) is 0 Å². The molecule has 31 heavy (non-hydrogen) atoms. The van der Waals surface area contributed by atoms with E-state index in [1.165, 1.54) is 29.4 Å². The highest BCUT2D eigenvalue weighted by molar-refractivity contribution is 5.94. The van der Waals surface area contributed by atoms with Crippen molar-refractivity contribution >= 4 is 22.6 Å². The quantitative estimate of drug-likeness (QED) is 0.385. The number of pyridine rings is 1. The first-order chi connectivity index (χ1) is 15.3. The predicted octanol–water partition coefficient (Wildman–Crippen LogP) is 4.95. The van der Waals surface area contributed by atoms with E-state index in [1.54, 1.807) is 6.20 Å². The molecule has 0 aliphatic heterocycles. The number of fused-ring (bicyclic) bond motifs is 1. The van der Waals surface area contributed by atoms with Crippen LogP contribution in [0, 0.1) is 5.92 Å². The molecule has 1 atom stereocenters. The van der Waals surface area contributed by atoms with Gasteiger partial charge in [-0.25, -0.2) is 4.98 Å². The number of rotatable bonds is 8. The lowest BCUT2D eigenvalue weighted by molar-refractivity contribution is 0.0952. The summed E-state index contributed by atoms with van der Waals surface area (Å²) >= 11 is 0. The molecule has 0 radical (unpaired) electrons. The highest BCUT2D eigenvalue weighted by Crippen LogP contribution is 2.30. The molecule has 1 saturated carbocycles. The molecular formula is C26H26N4O. The SMILES string of the molecule is O=C(NCC(c1ccccc1)c1c[nH]c2ccccc12)c1ccc(NCC2CC2)nc1. The third-order valence-electron chi connectivity index (χ3n) is 5.96. The zero-order valence-electron chi connectivity index (χ0n) is 17.3. The standard InChI is InChI=1S/C26H26N4O/c31-26(20-12-13-25(29-15-20)28-14-18-10-11-18)30-16-22(19-6-2-1-3-7-19)23-17-27-24-9-5-4-8-21(23)24/h1-9,12-13,15,17-18,22,27H,10-11,14,16H2,(H,28,29)(H,30,31). The topological polar surface area (TPSA) is 69.8 Å². The van der Waals surface area contributed by atoms with Gasteiger partial charge in [0.15, 0.2) is 0 Å². The summed E-state index contributed by atoms with van der Waals surface area (Å²) in [4.78, 5) is 20.6. The number of anilines is 1. The van der Waals surface area contributed by atoms with Crippen molar-refractivity contribution in [1.29, 1.82) is 0 Å². The molecular weight excluding hydrogens is 384 g/mol. The fourth-order valence-corrected chi connectivity index (χ4v) is 3.98. The average Bonchev–Trinajstić information content (AvgIpc) is 3.57. The van der Waals surface area contributed by atoms with Crippen LogP contribution >= 0.6 is 0 Å². The Morgan fingerprint density at radius 1 is 1.03 bits per heavy atom. The zero-order chi connectivity index (χ0) is 21.0. The normalized spacial score (nSPS) is 14.3. The number of aromatic nitrogens is 2. The number of aromatic amines is 1. The number of para-hydroxylation sites is 1. The minimum atomic E-state index is -0.109. The highest BCUT2D eigenvalue weighted by atomic mass is 16.1. The largest absolute Gasteiger partial charge is 0.370 e. The minimum Gasteiger partial charge on any atom is -0.370 e. The molecule has 0 saturated heterocycles. The maximum absolute atomic E-state index is 12.8. The molecule has 3 N–H and O–H groups in total. The van der Waals surface area contributed by atoms with Gasteiger partial charge in [0.1, 0.15) is 5.82 Å². The molecule has 5 rings (SSSR count). The first-order valence-corrected chi connectivity index (χ1v) is 10.9. The second-order valence-corrected chi connectivity index (χ2v) is 8.22. The molecule has 0 spiro atoms. The van der Waals surface area contributed by atoms with Crippen LogP contribution in [0.15, 0.2) is 79.1 Å². The Morgan fingerprint density at radius 3 is 2.61 bits per heavy atom. The summed E-state index contributed by atoms with van der Waals surface area (Å²) in [6.07, 6.45) is 6.29. The molecule has 1 aliphatic carbocycles. The molecule has 1 fully saturated rings. The van der Waals surface area contributed by atoms with Gasteiger partial charge in [-0.1, -0.05) is 48.5 Å². The Morgan fingerprint density at radius 2 is 1.84 bits per heavy atom. The molecule has 1 amide bonds. The number of carbonyl (C=O) groups is 1. The molecule has 156 valence electrons. The maximum Gasteiger partial charge on any atom is 0.252 e. The summed E-state index contributed by atoms with van der Waals surface area (Å²) in [5.74, 6) is 1.55. The van der Waals surface area contributed by atoms with E-state index >= 15 is 0 Å². The van der Waals surface area contributed by atoms with Gasteiger partial charge in [-0.15, -0.1) is 0 Å². The number of carbonyl (C=O) groups excluding carboxylic acids is 1. The van der Waals surface area contributed by atoms with Crippen molar-refractivity contribution in [3.63, 3.8) is 0 Å². The van der Waals surface area contributed by atoms with Crippen molar-refractivity contribution in [1.82, 2.24) is 15.3 Å². The summed E-state index contributed by atoms with van der Waals surface area (Å²) < 4.78 is 0. The smallest absolute Gasteiger partial charge is 0.252 e. The average molecular weight is 411 g/mol. The van der Waals surface area contributed by atoms with E-state index in [0.717, 1.165) is 23.8 Å². The fourth-order valence-electron chi connectivity index (χ4n) is 3.98. The van der Waals surface area contributed by atoms with Crippen molar-refractivity contribution in [2.45, 2.75) is 18.8 Å². The number of hydrogen-bond donors (Lipinski definition) is 3. The number of H-pyrrole nitrogens is 1. The number of benzene rings is 2. The van der Waals surface area contributed by atoms with Gasteiger partial charge < -0.3 is 15.6 Å². The van der Waals surface area contributed by atoms with Crippen molar-refractivity contribution in [2.24, 2.45) is 5.92 Å². The van der Waals surface area contributed by atoms with Crippen molar-refractivity contribution in [3.8, 4) is 0 Å².